The van der Waals surface area contributed by atoms with Crippen molar-refractivity contribution < 1.29 is 9.85 Å². The van der Waals surface area contributed by atoms with Crippen LogP contribution in [0.15, 0.2) is 34.1 Å². The van der Waals surface area contributed by atoms with Crippen LogP contribution >= 0.6 is 27.3 Å². The number of nitro groups is 2. The number of rotatable bonds is 5. The fourth-order valence-electron chi connectivity index (χ4n) is 1.56. The molecule has 0 saturated heterocycles. The Balaban J connectivity index is 2.22. The zero-order valence-corrected chi connectivity index (χ0v) is 12.3. The van der Waals surface area contributed by atoms with E-state index in [4.69, 9.17) is 0 Å². The number of non-ortho nitro benzene ring substituents is 1. The van der Waals surface area contributed by atoms with E-state index >= 15 is 0 Å². The molecular weight excluding hydrogens is 350 g/mol. The minimum Gasteiger partial charge on any atom is -0.375 e. The number of nitrogens with one attached hydrogen (secondary N) is 1. The lowest BCUT2D eigenvalue weighted by atomic mass is 10.2. The largest absolute Gasteiger partial charge is 0.375 e. The Morgan fingerprint density at radius 2 is 1.90 bits per heavy atom. The second-order valence-corrected chi connectivity index (χ2v) is 6.32. The van der Waals surface area contributed by atoms with E-state index in [1.165, 1.54) is 23.5 Å². The Bertz CT molecular complexity index is 673. The van der Waals surface area contributed by atoms with Crippen LogP contribution in [0.3, 0.4) is 0 Å². The van der Waals surface area contributed by atoms with Crippen molar-refractivity contribution >= 4 is 44.3 Å². The minimum absolute atomic E-state index is 0.255. The summed E-state index contributed by atoms with van der Waals surface area (Å²) in [7, 11) is 0. The summed E-state index contributed by atoms with van der Waals surface area (Å²) in [5.41, 5.74) is -0.360. The average molecular weight is 358 g/mol. The Morgan fingerprint density at radius 3 is 2.45 bits per heavy atom. The molecule has 0 unspecified atom stereocenters. The van der Waals surface area contributed by atoms with Crippen molar-refractivity contribution in [2.24, 2.45) is 0 Å². The molecule has 0 amide bonds. The Morgan fingerprint density at radius 1 is 1.15 bits per heavy atom. The van der Waals surface area contributed by atoms with Gasteiger partial charge in [-0.1, -0.05) is 0 Å². The number of anilines is 1. The van der Waals surface area contributed by atoms with Gasteiger partial charge in [-0.15, -0.1) is 11.3 Å². The standard InChI is InChI=1S/C11H8BrN3O4S/c12-11-4-2-8(20-11)6-13-9-3-1-7(14(16)17)5-10(9)15(18)19/h1-5,13H,6H2. The molecule has 20 heavy (non-hydrogen) atoms. The summed E-state index contributed by atoms with van der Waals surface area (Å²) in [6.45, 7) is 0.412. The van der Waals surface area contributed by atoms with Gasteiger partial charge < -0.3 is 5.32 Å². The Kier molecular flexibility index (Phi) is 4.30. The lowest BCUT2D eigenvalue weighted by Gasteiger charge is -2.05. The van der Waals surface area contributed by atoms with E-state index in [0.717, 1.165) is 14.7 Å². The first-order chi connectivity index (χ1) is 9.47. The molecule has 7 nitrogen and oxygen atoms in total. The molecule has 0 fully saturated rings. The van der Waals surface area contributed by atoms with E-state index in [1.807, 2.05) is 12.1 Å². The van der Waals surface area contributed by atoms with Gasteiger partial charge in [0.2, 0.25) is 0 Å². The molecule has 1 N–H and O–H groups in total. The monoisotopic (exact) mass is 357 g/mol. The minimum atomic E-state index is -0.660. The molecule has 1 aromatic heterocycles. The topological polar surface area (TPSA) is 98.3 Å². The van der Waals surface area contributed by atoms with E-state index in [-0.39, 0.29) is 17.1 Å². The van der Waals surface area contributed by atoms with Crippen LogP contribution in [-0.4, -0.2) is 9.85 Å². The smallest absolute Gasteiger partial charge is 0.299 e. The molecule has 0 aliphatic rings. The third-order valence-corrected chi connectivity index (χ3v) is 4.09. The van der Waals surface area contributed by atoms with Crippen LogP contribution in [0.5, 0.6) is 0 Å². The zero-order chi connectivity index (χ0) is 14.7. The van der Waals surface area contributed by atoms with Crippen molar-refractivity contribution in [1.29, 1.82) is 0 Å². The van der Waals surface area contributed by atoms with Gasteiger partial charge in [0, 0.05) is 17.5 Å². The van der Waals surface area contributed by atoms with Crippen LogP contribution in [0.4, 0.5) is 17.1 Å². The second-order valence-electron chi connectivity index (χ2n) is 3.78. The molecule has 0 saturated carbocycles. The highest BCUT2D eigenvalue weighted by Gasteiger charge is 2.19. The highest BCUT2D eigenvalue weighted by Crippen LogP contribution is 2.30. The van der Waals surface area contributed by atoms with Crippen LogP contribution in [0.1, 0.15) is 4.88 Å². The number of nitrogens with zero attached hydrogens (tertiary/aromatic N) is 2. The molecule has 0 spiro atoms. The molecular formula is C11H8BrN3O4S. The van der Waals surface area contributed by atoms with Gasteiger partial charge in [0.25, 0.3) is 11.4 Å². The number of thiophene rings is 1. The summed E-state index contributed by atoms with van der Waals surface area (Å²) in [6, 6.07) is 7.30. The van der Waals surface area contributed by atoms with Crippen molar-refractivity contribution in [1.82, 2.24) is 0 Å². The third-order valence-electron chi connectivity index (χ3n) is 2.47. The number of halogens is 1. The highest BCUT2D eigenvalue weighted by molar-refractivity contribution is 9.11. The molecule has 0 aliphatic carbocycles. The van der Waals surface area contributed by atoms with Crippen LogP contribution in [0, 0.1) is 20.2 Å². The zero-order valence-electron chi connectivity index (χ0n) is 9.91. The van der Waals surface area contributed by atoms with Crippen LogP contribution < -0.4 is 5.32 Å². The van der Waals surface area contributed by atoms with Gasteiger partial charge in [-0.25, -0.2) is 0 Å². The van der Waals surface area contributed by atoms with E-state index < -0.39 is 9.85 Å². The lowest BCUT2D eigenvalue weighted by Crippen LogP contribution is -2.02. The summed E-state index contributed by atoms with van der Waals surface area (Å²) in [5.74, 6) is 0. The van der Waals surface area contributed by atoms with Gasteiger partial charge in [-0.2, -0.15) is 0 Å². The van der Waals surface area contributed by atoms with Gasteiger partial charge in [-0.3, -0.25) is 20.2 Å². The van der Waals surface area contributed by atoms with Crippen molar-refractivity contribution in [2.45, 2.75) is 6.54 Å². The average Bonchev–Trinajstić information content (AvgIpc) is 2.81. The van der Waals surface area contributed by atoms with Crippen molar-refractivity contribution in [3.05, 3.63) is 59.2 Å². The summed E-state index contributed by atoms with van der Waals surface area (Å²) >= 11 is 4.83. The fraction of sp³-hybridized carbons (Fsp3) is 0.0909. The third kappa shape index (κ3) is 3.31. The maximum Gasteiger partial charge on any atom is 0.299 e. The van der Waals surface area contributed by atoms with Crippen LogP contribution in [-0.2, 0) is 6.54 Å². The summed E-state index contributed by atoms with van der Waals surface area (Å²) in [6.07, 6.45) is 0. The second kappa shape index (κ2) is 5.97. The van der Waals surface area contributed by atoms with E-state index in [1.54, 1.807) is 0 Å². The highest BCUT2D eigenvalue weighted by atomic mass is 79.9. The number of hydrogen-bond donors (Lipinski definition) is 1. The van der Waals surface area contributed by atoms with Crippen LogP contribution in [0.2, 0.25) is 0 Å². The van der Waals surface area contributed by atoms with Crippen LogP contribution in [0.25, 0.3) is 0 Å². The van der Waals surface area contributed by atoms with E-state index in [9.17, 15) is 20.2 Å². The molecule has 0 aliphatic heterocycles. The van der Waals surface area contributed by atoms with Gasteiger partial charge in [0.1, 0.15) is 5.69 Å². The first kappa shape index (κ1) is 14.4. The number of benzene rings is 1. The number of nitro benzene ring substituents is 2. The summed E-state index contributed by atoms with van der Waals surface area (Å²) in [5, 5.41) is 24.5. The molecule has 9 heteroatoms. The summed E-state index contributed by atoms with van der Waals surface area (Å²) < 4.78 is 0.965. The van der Waals surface area contributed by atoms with Crippen molar-refractivity contribution in [3.8, 4) is 0 Å². The summed E-state index contributed by atoms with van der Waals surface area (Å²) in [4.78, 5) is 21.3. The van der Waals surface area contributed by atoms with Gasteiger partial charge in [0.05, 0.1) is 19.7 Å². The predicted octanol–water partition coefficient (Wildman–Crippen LogP) is 3.94. The molecule has 1 aromatic carbocycles. The number of hydrogen-bond acceptors (Lipinski definition) is 6. The Hall–Kier alpha value is -2.00. The maximum atomic E-state index is 11.0. The van der Waals surface area contributed by atoms with Crippen molar-refractivity contribution in [3.63, 3.8) is 0 Å². The van der Waals surface area contributed by atoms with E-state index in [0.29, 0.717) is 6.54 Å². The molecule has 1 heterocycles. The molecule has 2 rings (SSSR count). The SMILES string of the molecule is O=[N+]([O-])c1ccc(NCc2ccc(Br)s2)c([N+](=O)[O-])c1. The van der Waals surface area contributed by atoms with Gasteiger partial charge >= 0.3 is 0 Å². The first-order valence-electron chi connectivity index (χ1n) is 5.38. The van der Waals surface area contributed by atoms with E-state index in [2.05, 4.69) is 21.2 Å². The van der Waals surface area contributed by atoms with Gasteiger partial charge in [-0.05, 0) is 34.1 Å². The normalized spacial score (nSPS) is 10.2. The molecule has 0 atom stereocenters. The Labute approximate surface area is 125 Å². The quantitative estimate of drug-likeness (QED) is 0.645. The predicted molar refractivity (Wildman–Crippen MR) is 79.1 cm³/mol. The molecule has 0 radical (unpaired) electrons. The van der Waals surface area contributed by atoms with Gasteiger partial charge in [0.15, 0.2) is 0 Å². The van der Waals surface area contributed by atoms with Crippen molar-refractivity contribution in [2.75, 3.05) is 5.32 Å². The first-order valence-corrected chi connectivity index (χ1v) is 6.99. The molecule has 2 aromatic rings. The molecule has 0 bridgehead atoms. The maximum absolute atomic E-state index is 11.0. The lowest BCUT2D eigenvalue weighted by molar-refractivity contribution is -0.393. The molecule has 104 valence electrons. The fourth-order valence-corrected chi connectivity index (χ4v) is 2.99.